The highest BCUT2D eigenvalue weighted by Gasteiger charge is 2.30. The van der Waals surface area contributed by atoms with Crippen LogP contribution in [0.3, 0.4) is 0 Å². The van der Waals surface area contributed by atoms with Crippen LogP contribution in [0.4, 0.5) is 29.3 Å². The SMILES string of the molecule is CS(=O)(=O)Nc1cccc([C@H](CCC(N)=O)NC(=O)N2CCc3c(cc(N)cc3-c3ccc(C(F)(F)F)cc3)C2)c1. The van der Waals surface area contributed by atoms with Gasteiger partial charge in [0.2, 0.25) is 15.9 Å². The van der Waals surface area contributed by atoms with Crippen LogP contribution < -0.4 is 21.5 Å². The van der Waals surface area contributed by atoms with Crippen LogP contribution in [0.25, 0.3) is 11.1 Å². The number of nitrogens with two attached hydrogens (primary N) is 2. The third kappa shape index (κ3) is 7.69. The van der Waals surface area contributed by atoms with Gasteiger partial charge in [0.15, 0.2) is 0 Å². The monoisotopic (exact) mass is 589 g/mol. The van der Waals surface area contributed by atoms with Gasteiger partial charge >= 0.3 is 12.2 Å². The van der Waals surface area contributed by atoms with Gasteiger partial charge in [-0.1, -0.05) is 24.3 Å². The highest BCUT2D eigenvalue weighted by Crippen LogP contribution is 2.35. The number of urea groups is 1. The number of rotatable bonds is 8. The molecule has 0 saturated carbocycles. The van der Waals surface area contributed by atoms with Crippen LogP contribution in [0, 0.1) is 0 Å². The van der Waals surface area contributed by atoms with E-state index >= 15 is 0 Å². The molecule has 1 aliphatic heterocycles. The number of carbonyl (C=O) groups is 2. The number of anilines is 2. The molecule has 0 radical (unpaired) electrons. The van der Waals surface area contributed by atoms with Gasteiger partial charge in [0.05, 0.1) is 17.9 Å². The Morgan fingerprint density at radius 3 is 2.41 bits per heavy atom. The maximum atomic E-state index is 13.4. The number of primary amides is 1. The summed E-state index contributed by atoms with van der Waals surface area (Å²) < 4.78 is 64.8. The molecule has 4 rings (SSSR count). The predicted octanol–water partition coefficient (Wildman–Crippen LogP) is 4.40. The largest absolute Gasteiger partial charge is 0.416 e. The van der Waals surface area contributed by atoms with Gasteiger partial charge in [-0.2, -0.15) is 13.2 Å². The quantitative estimate of drug-likeness (QED) is 0.288. The third-order valence-electron chi connectivity index (χ3n) is 6.74. The molecule has 6 N–H and O–H groups in total. The molecule has 0 bridgehead atoms. The van der Waals surface area contributed by atoms with Crippen molar-refractivity contribution in [3.8, 4) is 11.1 Å². The number of alkyl halides is 3. The number of nitrogens with zero attached hydrogens (tertiary/aromatic N) is 1. The first-order valence-corrected chi connectivity index (χ1v) is 14.6. The molecule has 0 fully saturated rings. The van der Waals surface area contributed by atoms with Gasteiger partial charge in [0.25, 0.3) is 0 Å². The summed E-state index contributed by atoms with van der Waals surface area (Å²) in [6.45, 7) is 0.534. The zero-order valence-corrected chi connectivity index (χ0v) is 23.0. The lowest BCUT2D eigenvalue weighted by atomic mass is 9.89. The number of amides is 3. The van der Waals surface area contributed by atoms with Gasteiger partial charge in [-0.05, 0) is 77.1 Å². The first kappa shape index (κ1) is 29.7. The van der Waals surface area contributed by atoms with E-state index < -0.39 is 39.7 Å². The zero-order valence-electron chi connectivity index (χ0n) is 22.2. The van der Waals surface area contributed by atoms with Gasteiger partial charge in [0.1, 0.15) is 0 Å². The van der Waals surface area contributed by atoms with Crippen LogP contribution in [0.15, 0.2) is 60.7 Å². The molecule has 0 aliphatic carbocycles. The van der Waals surface area contributed by atoms with Crippen LogP contribution >= 0.6 is 0 Å². The highest BCUT2D eigenvalue weighted by atomic mass is 32.2. The van der Waals surface area contributed by atoms with Crippen LogP contribution in [-0.2, 0) is 34.0 Å². The van der Waals surface area contributed by atoms with E-state index in [9.17, 15) is 31.2 Å². The van der Waals surface area contributed by atoms with E-state index in [1.54, 1.807) is 41.3 Å². The van der Waals surface area contributed by atoms with E-state index in [0.717, 1.165) is 29.5 Å². The van der Waals surface area contributed by atoms with Crippen LogP contribution in [0.2, 0.25) is 0 Å². The van der Waals surface area contributed by atoms with Crippen molar-refractivity contribution in [1.29, 1.82) is 0 Å². The van der Waals surface area contributed by atoms with Crippen molar-refractivity contribution in [3.63, 3.8) is 0 Å². The van der Waals surface area contributed by atoms with E-state index in [4.69, 9.17) is 11.5 Å². The van der Waals surface area contributed by atoms with E-state index in [2.05, 4.69) is 10.0 Å². The van der Waals surface area contributed by atoms with Crippen LogP contribution in [0.1, 0.15) is 41.1 Å². The molecule has 218 valence electrons. The second-order valence-corrected chi connectivity index (χ2v) is 11.7. The number of sulfonamides is 1. The van der Waals surface area contributed by atoms with E-state index in [1.165, 1.54) is 12.1 Å². The Labute approximate surface area is 235 Å². The Balaban J connectivity index is 1.55. The summed E-state index contributed by atoms with van der Waals surface area (Å²) in [6, 6.07) is 13.8. The lowest BCUT2D eigenvalue weighted by Gasteiger charge is -2.32. The molecule has 0 aromatic heterocycles. The van der Waals surface area contributed by atoms with Crippen molar-refractivity contribution in [3.05, 3.63) is 82.9 Å². The Kier molecular flexibility index (Phi) is 8.47. The molecule has 1 atom stereocenters. The summed E-state index contributed by atoms with van der Waals surface area (Å²) in [6.07, 6.45) is -2.79. The standard InChI is InChI=1S/C28H30F3N5O4S/c1-41(39,40)35-22-4-2-3-18(14-22)25(9-10-26(33)37)34-27(38)36-12-11-23-19(16-36)13-21(32)15-24(23)17-5-7-20(8-6-17)28(29,30)31/h2-8,13-15,25,35H,9-12,16,32H2,1H3,(H2,33,37)(H,34,38)/t25-/m0/s1. The summed E-state index contributed by atoms with van der Waals surface area (Å²) >= 11 is 0. The fourth-order valence-corrected chi connectivity index (χ4v) is 5.43. The van der Waals surface area contributed by atoms with Crippen molar-refractivity contribution in [2.45, 2.75) is 38.0 Å². The second kappa shape index (κ2) is 11.7. The Hall–Kier alpha value is -4.26. The summed E-state index contributed by atoms with van der Waals surface area (Å²) in [5.74, 6) is -0.548. The lowest BCUT2D eigenvalue weighted by molar-refractivity contribution is -0.137. The molecular weight excluding hydrogens is 559 g/mol. The van der Waals surface area contributed by atoms with Gasteiger partial charge < -0.3 is 21.7 Å². The number of nitrogen functional groups attached to an aromatic ring is 1. The summed E-state index contributed by atoms with van der Waals surface area (Å²) in [5, 5.41) is 2.92. The van der Waals surface area contributed by atoms with Crippen LogP contribution in [0.5, 0.6) is 0 Å². The van der Waals surface area contributed by atoms with Crippen molar-refractivity contribution >= 4 is 33.3 Å². The molecule has 1 heterocycles. The number of hydrogen-bond donors (Lipinski definition) is 4. The molecule has 3 amide bonds. The van der Waals surface area contributed by atoms with Gasteiger partial charge in [-0.25, -0.2) is 13.2 Å². The molecule has 0 unspecified atom stereocenters. The van der Waals surface area contributed by atoms with Gasteiger partial charge in [0, 0.05) is 30.9 Å². The number of carbonyl (C=O) groups excluding carboxylic acids is 2. The van der Waals surface area contributed by atoms with Crippen molar-refractivity contribution in [2.75, 3.05) is 23.3 Å². The number of fused-ring (bicyclic) bond motifs is 1. The maximum Gasteiger partial charge on any atom is 0.416 e. The number of nitrogens with one attached hydrogen (secondary N) is 2. The Morgan fingerprint density at radius 1 is 1.07 bits per heavy atom. The zero-order chi connectivity index (χ0) is 29.9. The molecule has 3 aromatic rings. The molecule has 41 heavy (non-hydrogen) atoms. The van der Waals surface area contributed by atoms with Crippen molar-refractivity contribution in [1.82, 2.24) is 10.2 Å². The molecule has 9 nitrogen and oxygen atoms in total. The minimum Gasteiger partial charge on any atom is -0.399 e. The Bertz CT molecular complexity index is 1560. The van der Waals surface area contributed by atoms with E-state index in [1.807, 2.05) is 0 Å². The molecule has 1 aliphatic rings. The summed E-state index contributed by atoms with van der Waals surface area (Å²) in [7, 11) is -3.53. The Morgan fingerprint density at radius 2 is 1.78 bits per heavy atom. The average Bonchev–Trinajstić information content (AvgIpc) is 2.88. The summed E-state index contributed by atoms with van der Waals surface area (Å²) in [5.41, 5.74) is 15.0. The first-order chi connectivity index (χ1) is 19.2. The van der Waals surface area contributed by atoms with Gasteiger partial charge in [-0.3, -0.25) is 9.52 Å². The fourth-order valence-electron chi connectivity index (χ4n) is 4.88. The number of benzene rings is 3. The van der Waals surface area contributed by atoms with Crippen LogP contribution in [-0.4, -0.2) is 38.1 Å². The smallest absolute Gasteiger partial charge is 0.399 e. The second-order valence-electron chi connectivity index (χ2n) is 9.96. The maximum absolute atomic E-state index is 13.4. The van der Waals surface area contributed by atoms with Crippen molar-refractivity contribution in [2.24, 2.45) is 5.73 Å². The van der Waals surface area contributed by atoms with Gasteiger partial charge in [-0.15, -0.1) is 0 Å². The molecule has 0 spiro atoms. The summed E-state index contributed by atoms with van der Waals surface area (Å²) in [4.78, 5) is 26.5. The molecular formula is C28H30F3N5O4S. The lowest BCUT2D eigenvalue weighted by Crippen LogP contribution is -2.44. The minimum absolute atomic E-state index is 0.00939. The third-order valence-corrected chi connectivity index (χ3v) is 7.34. The predicted molar refractivity (Wildman–Crippen MR) is 150 cm³/mol. The number of hydrogen-bond acceptors (Lipinski definition) is 5. The number of halogens is 3. The van der Waals surface area contributed by atoms with Crippen molar-refractivity contribution < 1.29 is 31.2 Å². The molecule has 3 aromatic carbocycles. The molecule has 13 heteroatoms. The van der Waals surface area contributed by atoms with E-state index in [0.29, 0.717) is 41.0 Å². The van der Waals surface area contributed by atoms with E-state index in [-0.39, 0.29) is 19.4 Å². The average molecular weight is 590 g/mol. The highest BCUT2D eigenvalue weighted by molar-refractivity contribution is 7.92. The molecule has 0 saturated heterocycles. The normalized spacial score (nSPS) is 14.2. The first-order valence-electron chi connectivity index (χ1n) is 12.7. The fraction of sp³-hybridized carbons (Fsp3) is 0.286. The topological polar surface area (TPSA) is 148 Å². The minimum atomic E-state index is -4.44.